The maximum Gasteiger partial charge on any atom is 0.236 e. The summed E-state index contributed by atoms with van der Waals surface area (Å²) < 4.78 is 0. The molecule has 6 heteroatoms. The number of benzene rings is 1. The van der Waals surface area contributed by atoms with Crippen LogP contribution in [0.5, 0.6) is 0 Å². The average molecular weight is 342 g/mol. The van der Waals surface area contributed by atoms with Crippen molar-refractivity contribution >= 4 is 22.6 Å². The van der Waals surface area contributed by atoms with Crippen LogP contribution in [-0.4, -0.2) is 84.2 Å². The lowest BCUT2D eigenvalue weighted by Crippen LogP contribution is -2.53. The number of likely N-dealkylation sites (N-methyl/N-ethyl adjacent to an activating group) is 1. The van der Waals surface area contributed by atoms with Crippen molar-refractivity contribution < 1.29 is 9.59 Å². The number of hydrogen-bond donors (Lipinski definition) is 1. The molecule has 2 heterocycles. The van der Waals surface area contributed by atoms with Gasteiger partial charge < -0.3 is 9.88 Å². The van der Waals surface area contributed by atoms with Crippen molar-refractivity contribution in [2.75, 3.05) is 46.8 Å². The van der Waals surface area contributed by atoms with E-state index in [-0.39, 0.29) is 17.7 Å². The molecule has 1 saturated heterocycles. The number of H-pyrrole nitrogens is 1. The van der Waals surface area contributed by atoms with Crippen molar-refractivity contribution in [3.8, 4) is 0 Å². The van der Waals surface area contributed by atoms with Crippen LogP contribution in [0.25, 0.3) is 10.9 Å². The van der Waals surface area contributed by atoms with Crippen molar-refractivity contribution in [3.05, 3.63) is 36.0 Å². The van der Waals surface area contributed by atoms with Crippen LogP contribution in [0.2, 0.25) is 0 Å². The summed E-state index contributed by atoms with van der Waals surface area (Å²) >= 11 is 0. The Hall–Kier alpha value is -2.18. The highest BCUT2D eigenvalue weighted by Crippen LogP contribution is 2.21. The fourth-order valence-corrected chi connectivity index (χ4v) is 3.31. The normalized spacial score (nSPS) is 17.6. The van der Waals surface area contributed by atoms with Crippen molar-refractivity contribution in [3.63, 3.8) is 0 Å². The molecule has 134 valence electrons. The number of para-hydroxylation sites is 1. The van der Waals surface area contributed by atoms with Gasteiger partial charge in [0, 0.05) is 62.9 Å². The number of aromatic nitrogens is 1. The van der Waals surface area contributed by atoms with Gasteiger partial charge in [-0.25, -0.2) is 0 Å². The summed E-state index contributed by atoms with van der Waals surface area (Å²) in [5, 5.41) is 0.981. The molecule has 1 aromatic heterocycles. The maximum atomic E-state index is 12.9. The van der Waals surface area contributed by atoms with Gasteiger partial charge in [0.05, 0.1) is 12.6 Å². The minimum absolute atomic E-state index is 0.122. The lowest BCUT2D eigenvalue weighted by atomic mass is 10.0. The summed E-state index contributed by atoms with van der Waals surface area (Å²) in [5.74, 6) is 0.270. The summed E-state index contributed by atoms with van der Waals surface area (Å²) in [6, 6.07) is 7.72. The zero-order chi connectivity index (χ0) is 18.0. The van der Waals surface area contributed by atoms with Crippen LogP contribution >= 0.6 is 0 Å². The first-order valence-electron chi connectivity index (χ1n) is 8.74. The molecule has 6 nitrogen and oxygen atoms in total. The first-order chi connectivity index (χ1) is 12.0. The largest absolute Gasteiger partial charge is 0.360 e. The van der Waals surface area contributed by atoms with E-state index in [0.717, 1.165) is 42.6 Å². The number of fused-ring (bicyclic) bond motifs is 1. The third-order valence-corrected chi connectivity index (χ3v) is 5.05. The Labute approximate surface area is 148 Å². The van der Waals surface area contributed by atoms with Crippen molar-refractivity contribution in [1.29, 1.82) is 0 Å². The van der Waals surface area contributed by atoms with Gasteiger partial charge in [-0.2, -0.15) is 0 Å². The molecule has 0 saturated carbocycles. The van der Waals surface area contributed by atoms with E-state index in [1.807, 2.05) is 37.4 Å². The summed E-state index contributed by atoms with van der Waals surface area (Å²) in [5.41, 5.74) is 1.75. The minimum Gasteiger partial charge on any atom is -0.360 e. The molecule has 1 aliphatic rings. The van der Waals surface area contributed by atoms with Crippen LogP contribution in [0.1, 0.15) is 17.3 Å². The molecule has 1 fully saturated rings. The van der Waals surface area contributed by atoms with Gasteiger partial charge in [0.1, 0.15) is 0 Å². The predicted molar refractivity (Wildman–Crippen MR) is 98.8 cm³/mol. The smallest absolute Gasteiger partial charge is 0.236 e. The van der Waals surface area contributed by atoms with E-state index in [1.54, 1.807) is 19.0 Å². The van der Waals surface area contributed by atoms with Gasteiger partial charge in [-0.05, 0) is 13.0 Å². The maximum absolute atomic E-state index is 12.9. The van der Waals surface area contributed by atoms with E-state index in [4.69, 9.17) is 0 Å². The van der Waals surface area contributed by atoms with Crippen LogP contribution in [0.3, 0.4) is 0 Å². The Bertz CT molecular complexity index is 760. The van der Waals surface area contributed by atoms with Gasteiger partial charge in [-0.3, -0.25) is 19.4 Å². The summed E-state index contributed by atoms with van der Waals surface area (Å²) in [6.45, 7) is 5.65. The van der Waals surface area contributed by atoms with Gasteiger partial charge in [0.25, 0.3) is 0 Å². The second-order valence-corrected chi connectivity index (χ2v) is 6.89. The number of nitrogens with one attached hydrogen (secondary N) is 1. The van der Waals surface area contributed by atoms with E-state index >= 15 is 0 Å². The lowest BCUT2D eigenvalue weighted by Gasteiger charge is -2.37. The third-order valence-electron chi connectivity index (χ3n) is 5.05. The van der Waals surface area contributed by atoms with Gasteiger partial charge in [0.2, 0.25) is 5.91 Å². The quantitative estimate of drug-likeness (QED) is 0.836. The monoisotopic (exact) mass is 342 g/mol. The second kappa shape index (κ2) is 7.37. The van der Waals surface area contributed by atoms with Gasteiger partial charge in [-0.1, -0.05) is 18.2 Å². The zero-order valence-electron chi connectivity index (χ0n) is 15.2. The first-order valence-corrected chi connectivity index (χ1v) is 8.74. The molecule has 2 aromatic rings. The summed E-state index contributed by atoms with van der Waals surface area (Å²) in [7, 11) is 3.56. The molecule has 1 N–H and O–H groups in total. The number of aromatic amines is 1. The highest BCUT2D eigenvalue weighted by molar-refractivity contribution is 6.10. The molecule has 0 aliphatic carbocycles. The van der Waals surface area contributed by atoms with Crippen molar-refractivity contribution in [2.24, 2.45) is 0 Å². The molecule has 1 amide bonds. The zero-order valence-corrected chi connectivity index (χ0v) is 15.2. The second-order valence-electron chi connectivity index (χ2n) is 6.89. The number of Topliss-reactive ketones (excluding diaryl/α,β-unsaturated/α-hetero) is 1. The molecule has 1 atom stereocenters. The minimum atomic E-state index is -0.161. The predicted octanol–water partition coefficient (Wildman–Crippen LogP) is 1.44. The van der Waals surface area contributed by atoms with E-state index in [0.29, 0.717) is 6.54 Å². The van der Waals surface area contributed by atoms with Crippen LogP contribution in [-0.2, 0) is 4.79 Å². The molecule has 1 aliphatic heterocycles. The Balaban J connectivity index is 1.61. The standard InChI is InChI=1S/C19H26N4O2/c1-14(19(25)16-12-20-17-7-5-4-6-15(16)17)23-10-8-22(9-11-23)13-18(24)21(2)3/h4-7,12,14,20H,8-11,13H2,1-3H3. The molecular weight excluding hydrogens is 316 g/mol. The molecule has 25 heavy (non-hydrogen) atoms. The molecule has 0 spiro atoms. The first kappa shape index (κ1) is 17.6. The lowest BCUT2D eigenvalue weighted by molar-refractivity contribution is -0.130. The number of carbonyl (C=O) groups excluding carboxylic acids is 2. The molecule has 3 rings (SSSR count). The Morgan fingerprint density at radius 2 is 1.84 bits per heavy atom. The van der Waals surface area contributed by atoms with Gasteiger partial charge in [0.15, 0.2) is 5.78 Å². The van der Waals surface area contributed by atoms with Crippen molar-refractivity contribution in [2.45, 2.75) is 13.0 Å². The fraction of sp³-hybridized carbons (Fsp3) is 0.474. The summed E-state index contributed by atoms with van der Waals surface area (Å²) in [6.07, 6.45) is 1.81. The van der Waals surface area contributed by atoms with E-state index in [2.05, 4.69) is 14.8 Å². The SMILES string of the molecule is CC(C(=O)c1c[nH]c2ccccc12)N1CCN(CC(=O)N(C)C)CC1. The number of hydrogen-bond acceptors (Lipinski definition) is 4. The van der Waals surface area contributed by atoms with E-state index < -0.39 is 0 Å². The Morgan fingerprint density at radius 3 is 2.52 bits per heavy atom. The Kier molecular flexibility index (Phi) is 5.20. The van der Waals surface area contributed by atoms with Gasteiger partial charge in [-0.15, -0.1) is 0 Å². The number of piperazine rings is 1. The summed E-state index contributed by atoms with van der Waals surface area (Å²) in [4.78, 5) is 33.9. The van der Waals surface area contributed by atoms with Crippen molar-refractivity contribution in [1.82, 2.24) is 19.7 Å². The van der Waals surface area contributed by atoms with E-state index in [9.17, 15) is 9.59 Å². The molecule has 0 radical (unpaired) electrons. The number of amides is 1. The fourth-order valence-electron chi connectivity index (χ4n) is 3.31. The number of carbonyl (C=O) groups is 2. The number of nitrogens with zero attached hydrogens (tertiary/aromatic N) is 3. The molecule has 0 bridgehead atoms. The number of rotatable bonds is 5. The van der Waals surface area contributed by atoms with Crippen LogP contribution < -0.4 is 0 Å². The average Bonchev–Trinajstić information content (AvgIpc) is 3.05. The highest BCUT2D eigenvalue weighted by Gasteiger charge is 2.28. The number of ketones is 1. The molecule has 1 unspecified atom stereocenters. The van der Waals surface area contributed by atoms with Crippen LogP contribution in [0, 0.1) is 0 Å². The Morgan fingerprint density at radius 1 is 1.16 bits per heavy atom. The highest BCUT2D eigenvalue weighted by atomic mass is 16.2. The van der Waals surface area contributed by atoms with Crippen LogP contribution in [0.4, 0.5) is 0 Å². The third kappa shape index (κ3) is 3.75. The molecule has 1 aromatic carbocycles. The van der Waals surface area contributed by atoms with Crippen LogP contribution in [0.15, 0.2) is 30.5 Å². The van der Waals surface area contributed by atoms with Gasteiger partial charge >= 0.3 is 0 Å². The topological polar surface area (TPSA) is 59.7 Å². The van der Waals surface area contributed by atoms with E-state index in [1.165, 1.54) is 0 Å². The molecular formula is C19H26N4O2.